The lowest BCUT2D eigenvalue weighted by Gasteiger charge is -2.39. The molecule has 58 heavy (non-hydrogen) atoms. The van der Waals surface area contributed by atoms with Crippen molar-refractivity contribution in [1.82, 2.24) is 0 Å². The SMILES string of the molecule is CC(=O)SC(C)C[N+](C)(C)C.CCCC[N+](CC)(CCC)CC(C)SC(C)=O.CCC[N+](CC)(CCC)CC(C)SC(C)=O.CC[N+](CC)(CC)CC(C)SC(C)=O. The number of rotatable bonds is 26. The third-order valence-corrected chi connectivity index (χ3v) is 14.2. The molecular weight excluding hydrogens is 801 g/mol. The molecule has 0 aliphatic carbocycles. The molecule has 0 amide bonds. The largest absolute Gasteiger partial charge is 0.330 e. The van der Waals surface area contributed by atoms with Crippen LogP contribution in [0.5, 0.6) is 0 Å². The normalized spacial score (nSPS) is 14.8. The van der Waals surface area contributed by atoms with Crippen LogP contribution < -0.4 is 0 Å². The van der Waals surface area contributed by atoms with Gasteiger partial charge in [-0.15, -0.1) is 0 Å². The Bertz CT molecular complexity index is 1060. The first-order valence-electron chi connectivity index (χ1n) is 22.8. The van der Waals surface area contributed by atoms with Crippen LogP contribution in [0.1, 0.15) is 150 Å². The van der Waals surface area contributed by atoms with E-state index < -0.39 is 0 Å². The molecule has 0 fully saturated rings. The first kappa shape index (κ1) is 64.5. The quantitative estimate of drug-likeness (QED) is 0.0796. The van der Waals surface area contributed by atoms with Gasteiger partial charge in [-0.05, 0) is 88.0 Å². The molecule has 0 aromatic heterocycles. The van der Waals surface area contributed by atoms with Crippen LogP contribution in [-0.2, 0) is 19.2 Å². The maximum absolute atomic E-state index is 11.2. The second kappa shape index (κ2) is 36.4. The molecule has 0 aromatic rings. The van der Waals surface area contributed by atoms with Gasteiger partial charge in [0.2, 0.25) is 0 Å². The predicted molar refractivity (Wildman–Crippen MR) is 267 cm³/mol. The number of thioether (sulfide) groups is 4. The van der Waals surface area contributed by atoms with Crippen molar-refractivity contribution in [3.05, 3.63) is 0 Å². The summed E-state index contributed by atoms with van der Waals surface area (Å²) in [6, 6.07) is 0. The summed E-state index contributed by atoms with van der Waals surface area (Å²) in [4.78, 5) is 43.9. The Labute approximate surface area is 379 Å². The van der Waals surface area contributed by atoms with Gasteiger partial charge in [0.15, 0.2) is 20.5 Å². The highest BCUT2D eigenvalue weighted by Crippen LogP contribution is 2.21. The number of unbranched alkanes of at least 4 members (excludes halogenated alkanes) is 1. The van der Waals surface area contributed by atoms with E-state index in [1.807, 2.05) is 0 Å². The Morgan fingerprint density at radius 3 is 0.828 bits per heavy atom. The van der Waals surface area contributed by atoms with Crippen molar-refractivity contribution in [2.45, 2.75) is 171 Å². The molecule has 0 radical (unpaired) electrons. The zero-order chi connectivity index (χ0) is 46.2. The van der Waals surface area contributed by atoms with Gasteiger partial charge < -0.3 is 17.9 Å². The molecule has 12 heteroatoms. The molecule has 0 rings (SSSR count). The fourth-order valence-corrected chi connectivity index (χ4v) is 12.1. The number of hydrogen-bond acceptors (Lipinski definition) is 8. The molecular formula is C46H100N4O4S4+4. The molecule has 0 bridgehead atoms. The summed E-state index contributed by atoms with van der Waals surface area (Å²) in [7, 11) is 6.41. The lowest BCUT2D eigenvalue weighted by molar-refractivity contribution is -0.926. The van der Waals surface area contributed by atoms with Crippen LogP contribution in [0, 0.1) is 0 Å². The van der Waals surface area contributed by atoms with E-state index >= 15 is 0 Å². The van der Waals surface area contributed by atoms with Crippen LogP contribution in [0.25, 0.3) is 0 Å². The van der Waals surface area contributed by atoms with E-state index in [2.05, 4.69) is 111 Å². The van der Waals surface area contributed by atoms with Crippen LogP contribution in [0.3, 0.4) is 0 Å². The number of hydrogen-bond donors (Lipinski definition) is 0. The van der Waals surface area contributed by atoms with Gasteiger partial charge in [0.1, 0.15) is 0 Å². The maximum atomic E-state index is 11.2. The van der Waals surface area contributed by atoms with Gasteiger partial charge in [-0.3, -0.25) is 19.2 Å². The molecule has 0 N–H and O–H groups in total. The van der Waals surface area contributed by atoms with Crippen molar-refractivity contribution >= 4 is 67.5 Å². The number of nitrogens with zero attached hydrogens (tertiary/aromatic N) is 4. The fraction of sp³-hybridized carbons (Fsp3) is 0.913. The molecule has 348 valence electrons. The Morgan fingerprint density at radius 1 is 0.379 bits per heavy atom. The van der Waals surface area contributed by atoms with Crippen molar-refractivity contribution in [3.63, 3.8) is 0 Å². The van der Waals surface area contributed by atoms with Crippen molar-refractivity contribution in [2.75, 3.05) is 106 Å². The lowest BCUT2D eigenvalue weighted by atomic mass is 10.2. The molecule has 0 saturated carbocycles. The zero-order valence-corrected chi connectivity index (χ0v) is 45.4. The monoisotopic (exact) mass is 901 g/mol. The summed E-state index contributed by atoms with van der Waals surface area (Å²) < 4.78 is 4.41. The fourth-order valence-electron chi connectivity index (χ4n) is 8.14. The van der Waals surface area contributed by atoms with E-state index in [4.69, 9.17) is 0 Å². The summed E-state index contributed by atoms with van der Waals surface area (Å²) in [6.07, 6.45) is 6.24. The molecule has 8 nitrogen and oxygen atoms in total. The van der Waals surface area contributed by atoms with Crippen molar-refractivity contribution in [2.24, 2.45) is 0 Å². The first-order valence-corrected chi connectivity index (χ1v) is 26.4. The van der Waals surface area contributed by atoms with Gasteiger partial charge in [-0.1, -0.05) is 81.2 Å². The van der Waals surface area contributed by atoms with Crippen LogP contribution in [0.15, 0.2) is 0 Å². The average Bonchev–Trinajstić information content (AvgIpc) is 3.08. The molecule has 0 heterocycles. The Kier molecular flexibility index (Phi) is 40.5. The summed E-state index contributed by atoms with van der Waals surface area (Å²) >= 11 is 5.89. The Balaban J connectivity index is -0.000000339. The number of carbonyl (C=O) groups is 4. The first-order chi connectivity index (χ1) is 26.8. The highest BCUT2D eigenvalue weighted by Gasteiger charge is 2.28. The number of quaternary nitrogens is 4. The van der Waals surface area contributed by atoms with E-state index in [0.717, 1.165) is 54.8 Å². The van der Waals surface area contributed by atoms with Crippen molar-refractivity contribution in [3.8, 4) is 0 Å². The van der Waals surface area contributed by atoms with Gasteiger partial charge >= 0.3 is 0 Å². The standard InChI is InChI=1S/C14H30NOS.C13H28NOS.C11H24NOS.C8H18NOS/c1-6-9-11-15(8-3,10-7-2)12-13(4)17-14(5)16;1-6-9-14(8-3,10-7-2)11-12(4)16-13(5)15;1-6-12(7-2,8-3)9-10(4)14-11(5)13;1-7(11-8(2)10)6-9(3,4)5/h13H,6-12H2,1-5H3;12H,6-11H2,1-5H3;10H,6-9H2,1-5H3;7H,6H2,1-5H3/q4*+1. The van der Waals surface area contributed by atoms with E-state index in [9.17, 15) is 19.2 Å². The van der Waals surface area contributed by atoms with E-state index in [-0.39, 0.29) is 20.5 Å². The van der Waals surface area contributed by atoms with Crippen molar-refractivity contribution < 1.29 is 37.1 Å². The zero-order valence-electron chi connectivity index (χ0n) is 42.1. The summed E-state index contributed by atoms with van der Waals surface area (Å²) in [5.74, 6) is 0. The third kappa shape index (κ3) is 36.6. The Hall–Kier alpha value is -0.0800. The minimum atomic E-state index is 0.214. The third-order valence-electron chi connectivity index (χ3n) is 10.6. The number of carbonyl (C=O) groups excluding carboxylic acids is 4. The highest BCUT2D eigenvalue weighted by atomic mass is 32.2. The molecule has 0 aliphatic rings. The second-order valence-corrected chi connectivity index (χ2v) is 24.0. The van der Waals surface area contributed by atoms with Gasteiger partial charge in [0, 0.05) is 27.7 Å². The highest BCUT2D eigenvalue weighted by molar-refractivity contribution is 8.14. The maximum Gasteiger partial charge on any atom is 0.186 e. The van der Waals surface area contributed by atoms with Gasteiger partial charge in [-0.25, -0.2) is 0 Å². The molecule has 5 unspecified atom stereocenters. The second-order valence-electron chi connectivity index (χ2n) is 17.6. The van der Waals surface area contributed by atoms with Crippen molar-refractivity contribution in [1.29, 1.82) is 0 Å². The van der Waals surface area contributed by atoms with Crippen LogP contribution in [0.4, 0.5) is 0 Å². The van der Waals surface area contributed by atoms with Gasteiger partial charge in [-0.2, -0.15) is 0 Å². The average molecular weight is 902 g/mol. The molecule has 0 saturated heterocycles. The molecule has 0 aliphatic heterocycles. The van der Waals surface area contributed by atoms with E-state index in [1.165, 1.54) is 127 Å². The molecule has 0 spiro atoms. The molecule has 5 atom stereocenters. The van der Waals surface area contributed by atoms with E-state index in [1.54, 1.807) is 27.7 Å². The summed E-state index contributed by atoms with van der Waals surface area (Å²) in [5, 5.41) is 2.68. The minimum Gasteiger partial charge on any atom is -0.330 e. The van der Waals surface area contributed by atoms with Crippen LogP contribution >= 0.6 is 47.0 Å². The summed E-state index contributed by atoms with van der Waals surface area (Å²) in [6.45, 7) is 50.8. The van der Waals surface area contributed by atoms with Crippen LogP contribution in [-0.4, -0.2) is 166 Å². The van der Waals surface area contributed by atoms with Gasteiger partial charge in [0.25, 0.3) is 0 Å². The predicted octanol–water partition coefficient (Wildman–Crippen LogP) is 10.9. The topological polar surface area (TPSA) is 68.3 Å². The lowest BCUT2D eigenvalue weighted by Crippen LogP contribution is -2.52. The smallest absolute Gasteiger partial charge is 0.186 e. The van der Waals surface area contributed by atoms with E-state index in [0.29, 0.717) is 21.0 Å². The summed E-state index contributed by atoms with van der Waals surface area (Å²) in [5.41, 5.74) is 0. The Morgan fingerprint density at radius 2 is 0.621 bits per heavy atom. The molecule has 0 aromatic carbocycles. The van der Waals surface area contributed by atoms with Gasteiger partial charge in [0.05, 0.1) is 127 Å². The van der Waals surface area contributed by atoms with Crippen LogP contribution in [0.2, 0.25) is 0 Å². The minimum absolute atomic E-state index is 0.214.